The van der Waals surface area contributed by atoms with Crippen LogP contribution in [0.1, 0.15) is 12.8 Å². The SMILES string of the molecule is O=S(=O)(NCC1CC(O)C1)c1cccs1. The van der Waals surface area contributed by atoms with Crippen molar-refractivity contribution in [2.24, 2.45) is 5.92 Å². The highest BCUT2D eigenvalue weighted by atomic mass is 32.2. The second-order valence-electron chi connectivity index (χ2n) is 3.78. The Morgan fingerprint density at radius 1 is 1.53 bits per heavy atom. The summed E-state index contributed by atoms with van der Waals surface area (Å²) in [6.07, 6.45) is 1.17. The first kappa shape index (κ1) is 11.1. The number of aliphatic hydroxyl groups is 1. The quantitative estimate of drug-likeness (QED) is 0.827. The van der Waals surface area contributed by atoms with Gasteiger partial charge in [-0.2, -0.15) is 0 Å². The lowest BCUT2D eigenvalue weighted by molar-refractivity contribution is 0.0453. The molecular weight excluding hydrogens is 234 g/mol. The van der Waals surface area contributed by atoms with Gasteiger partial charge in [0, 0.05) is 6.54 Å². The average Bonchev–Trinajstić information content (AvgIpc) is 2.63. The monoisotopic (exact) mass is 247 g/mol. The van der Waals surface area contributed by atoms with Crippen LogP contribution in [0.25, 0.3) is 0 Å². The maximum absolute atomic E-state index is 11.7. The van der Waals surface area contributed by atoms with Crippen LogP contribution in [0, 0.1) is 5.92 Å². The lowest BCUT2D eigenvalue weighted by Gasteiger charge is -2.31. The third-order valence-electron chi connectivity index (χ3n) is 2.53. The summed E-state index contributed by atoms with van der Waals surface area (Å²) >= 11 is 1.21. The molecule has 1 heterocycles. The Bertz CT molecular complexity index is 407. The largest absolute Gasteiger partial charge is 0.393 e. The lowest BCUT2D eigenvalue weighted by Crippen LogP contribution is -2.38. The number of nitrogens with one attached hydrogen (secondary N) is 1. The van der Waals surface area contributed by atoms with Gasteiger partial charge in [-0.3, -0.25) is 0 Å². The molecule has 0 spiro atoms. The number of rotatable bonds is 4. The molecule has 1 fully saturated rings. The minimum atomic E-state index is -3.32. The summed E-state index contributed by atoms with van der Waals surface area (Å²) in [5, 5.41) is 10.8. The highest BCUT2D eigenvalue weighted by Crippen LogP contribution is 2.26. The van der Waals surface area contributed by atoms with E-state index in [-0.39, 0.29) is 12.0 Å². The predicted octanol–water partition coefficient (Wildman–Crippen LogP) is 0.797. The molecular formula is C9H13NO3S2. The Balaban J connectivity index is 1.89. The smallest absolute Gasteiger partial charge is 0.250 e. The van der Waals surface area contributed by atoms with Crippen molar-refractivity contribution >= 4 is 21.4 Å². The van der Waals surface area contributed by atoms with E-state index in [0.29, 0.717) is 23.6 Å². The number of hydrogen-bond donors (Lipinski definition) is 2. The third-order valence-corrected chi connectivity index (χ3v) is 5.35. The third kappa shape index (κ3) is 2.57. The van der Waals surface area contributed by atoms with Crippen molar-refractivity contribution in [1.82, 2.24) is 4.72 Å². The van der Waals surface area contributed by atoms with E-state index in [0.717, 1.165) is 0 Å². The number of thiophene rings is 1. The fourth-order valence-corrected chi connectivity index (χ4v) is 3.74. The Morgan fingerprint density at radius 2 is 2.27 bits per heavy atom. The van der Waals surface area contributed by atoms with E-state index in [4.69, 9.17) is 5.11 Å². The summed E-state index contributed by atoms with van der Waals surface area (Å²) in [4.78, 5) is 0. The van der Waals surface area contributed by atoms with Gasteiger partial charge in [0.15, 0.2) is 0 Å². The molecule has 4 nitrogen and oxygen atoms in total. The van der Waals surface area contributed by atoms with Crippen molar-refractivity contribution < 1.29 is 13.5 Å². The highest BCUT2D eigenvalue weighted by molar-refractivity contribution is 7.91. The van der Waals surface area contributed by atoms with Crippen LogP contribution in [0.3, 0.4) is 0 Å². The maximum atomic E-state index is 11.7. The van der Waals surface area contributed by atoms with Crippen LogP contribution in [-0.4, -0.2) is 26.2 Å². The van der Waals surface area contributed by atoms with E-state index >= 15 is 0 Å². The van der Waals surface area contributed by atoms with Gasteiger partial charge in [-0.1, -0.05) is 6.07 Å². The Kier molecular flexibility index (Phi) is 3.11. The van der Waals surface area contributed by atoms with Gasteiger partial charge in [-0.25, -0.2) is 13.1 Å². The molecule has 0 amide bonds. The Labute approximate surface area is 93.0 Å². The van der Waals surface area contributed by atoms with Gasteiger partial charge < -0.3 is 5.11 Å². The summed E-state index contributed by atoms with van der Waals surface area (Å²) in [7, 11) is -3.32. The molecule has 1 aliphatic carbocycles. The van der Waals surface area contributed by atoms with E-state index in [1.807, 2.05) is 0 Å². The van der Waals surface area contributed by atoms with Crippen molar-refractivity contribution in [3.05, 3.63) is 17.5 Å². The molecule has 1 aromatic heterocycles. The molecule has 0 aromatic carbocycles. The van der Waals surface area contributed by atoms with Gasteiger partial charge in [0.1, 0.15) is 4.21 Å². The van der Waals surface area contributed by atoms with Gasteiger partial charge in [0.2, 0.25) is 10.0 Å². The molecule has 0 radical (unpaired) electrons. The first-order valence-corrected chi connectivity index (χ1v) is 7.15. The zero-order valence-electron chi connectivity index (χ0n) is 8.09. The molecule has 0 unspecified atom stereocenters. The molecule has 2 rings (SSSR count). The van der Waals surface area contributed by atoms with Crippen LogP contribution in [0.4, 0.5) is 0 Å². The molecule has 15 heavy (non-hydrogen) atoms. The van der Waals surface area contributed by atoms with Crippen molar-refractivity contribution in [3.8, 4) is 0 Å². The molecule has 0 bridgehead atoms. The highest BCUT2D eigenvalue weighted by Gasteiger charge is 2.28. The van der Waals surface area contributed by atoms with Crippen molar-refractivity contribution in [1.29, 1.82) is 0 Å². The molecule has 0 aliphatic heterocycles. The van der Waals surface area contributed by atoms with Gasteiger partial charge in [-0.15, -0.1) is 11.3 Å². The first-order chi connectivity index (χ1) is 7.08. The summed E-state index contributed by atoms with van der Waals surface area (Å²) in [5.74, 6) is 0.287. The predicted molar refractivity (Wildman–Crippen MR) is 58.2 cm³/mol. The molecule has 0 saturated heterocycles. The number of aliphatic hydroxyl groups excluding tert-OH is 1. The summed E-state index contributed by atoms with van der Waals surface area (Å²) < 4.78 is 26.2. The average molecular weight is 247 g/mol. The zero-order valence-corrected chi connectivity index (χ0v) is 9.72. The van der Waals surface area contributed by atoms with E-state index in [1.165, 1.54) is 11.3 Å². The molecule has 1 aliphatic rings. The summed E-state index contributed by atoms with van der Waals surface area (Å²) in [6, 6.07) is 3.30. The van der Waals surface area contributed by atoms with Crippen LogP contribution < -0.4 is 4.72 Å². The normalized spacial score (nSPS) is 26.2. The van der Waals surface area contributed by atoms with E-state index in [2.05, 4.69) is 4.72 Å². The van der Waals surface area contributed by atoms with E-state index in [1.54, 1.807) is 17.5 Å². The zero-order chi connectivity index (χ0) is 10.9. The molecule has 6 heteroatoms. The fraction of sp³-hybridized carbons (Fsp3) is 0.556. The van der Waals surface area contributed by atoms with Crippen LogP contribution >= 0.6 is 11.3 Å². The summed E-state index contributed by atoms with van der Waals surface area (Å²) in [5.41, 5.74) is 0. The minimum Gasteiger partial charge on any atom is -0.393 e. The van der Waals surface area contributed by atoms with E-state index < -0.39 is 10.0 Å². The molecule has 0 atom stereocenters. The number of sulfonamides is 1. The first-order valence-electron chi connectivity index (χ1n) is 4.79. The van der Waals surface area contributed by atoms with Crippen LogP contribution in [0.2, 0.25) is 0 Å². The van der Waals surface area contributed by atoms with Crippen LogP contribution in [0.5, 0.6) is 0 Å². The maximum Gasteiger partial charge on any atom is 0.250 e. The van der Waals surface area contributed by atoms with Crippen molar-refractivity contribution in [3.63, 3.8) is 0 Å². The van der Waals surface area contributed by atoms with Crippen molar-refractivity contribution in [2.45, 2.75) is 23.2 Å². The van der Waals surface area contributed by atoms with Gasteiger partial charge in [0.05, 0.1) is 6.10 Å². The fourth-order valence-electron chi connectivity index (χ4n) is 1.58. The van der Waals surface area contributed by atoms with Gasteiger partial charge in [-0.05, 0) is 30.2 Å². The molecule has 1 saturated carbocycles. The lowest BCUT2D eigenvalue weighted by atomic mass is 9.83. The molecule has 1 aromatic rings. The van der Waals surface area contributed by atoms with Crippen LogP contribution in [0.15, 0.2) is 21.7 Å². The molecule has 84 valence electrons. The van der Waals surface area contributed by atoms with Crippen LogP contribution in [-0.2, 0) is 10.0 Å². The number of hydrogen-bond acceptors (Lipinski definition) is 4. The second kappa shape index (κ2) is 4.21. The minimum absolute atomic E-state index is 0.235. The Hall–Kier alpha value is -0.430. The summed E-state index contributed by atoms with van der Waals surface area (Å²) in [6.45, 7) is 0.428. The van der Waals surface area contributed by atoms with Gasteiger partial charge in [0.25, 0.3) is 0 Å². The Morgan fingerprint density at radius 3 is 2.80 bits per heavy atom. The molecule has 2 N–H and O–H groups in total. The van der Waals surface area contributed by atoms with Gasteiger partial charge >= 0.3 is 0 Å². The second-order valence-corrected chi connectivity index (χ2v) is 6.72. The van der Waals surface area contributed by atoms with E-state index in [9.17, 15) is 8.42 Å². The standard InChI is InChI=1S/C9H13NO3S2/c11-8-4-7(5-8)6-10-15(12,13)9-2-1-3-14-9/h1-3,7-8,10-11H,4-6H2. The topological polar surface area (TPSA) is 66.4 Å². The van der Waals surface area contributed by atoms with Crippen molar-refractivity contribution in [2.75, 3.05) is 6.54 Å².